The van der Waals surface area contributed by atoms with Crippen LogP contribution in [0.3, 0.4) is 0 Å². The summed E-state index contributed by atoms with van der Waals surface area (Å²) >= 11 is 1.59. The molecule has 1 aliphatic rings. The van der Waals surface area contributed by atoms with Crippen molar-refractivity contribution >= 4 is 28.9 Å². The molecule has 0 radical (unpaired) electrons. The van der Waals surface area contributed by atoms with Crippen molar-refractivity contribution in [3.63, 3.8) is 0 Å². The lowest BCUT2D eigenvalue weighted by Crippen LogP contribution is -2.44. The molecule has 0 spiro atoms. The summed E-state index contributed by atoms with van der Waals surface area (Å²) in [4.78, 5) is 31.8. The number of benzene rings is 3. The van der Waals surface area contributed by atoms with Crippen LogP contribution in [0, 0.1) is 0 Å². The molecule has 6 nitrogen and oxygen atoms in total. The van der Waals surface area contributed by atoms with E-state index in [4.69, 9.17) is 14.5 Å². The van der Waals surface area contributed by atoms with Crippen molar-refractivity contribution < 1.29 is 19.1 Å². The molecule has 1 aliphatic heterocycles. The third-order valence-electron chi connectivity index (χ3n) is 5.96. The topological polar surface area (TPSA) is 68.7 Å². The van der Waals surface area contributed by atoms with Gasteiger partial charge >= 0.3 is 5.97 Å². The Balaban J connectivity index is 1.42. The highest BCUT2D eigenvalue weighted by Crippen LogP contribution is 2.39. The van der Waals surface area contributed by atoms with Gasteiger partial charge in [-0.05, 0) is 49.2 Å². The zero-order valence-electron chi connectivity index (χ0n) is 20.1. The lowest BCUT2D eigenvalue weighted by Gasteiger charge is -2.33. The van der Waals surface area contributed by atoms with Gasteiger partial charge in [-0.25, -0.2) is 9.78 Å². The summed E-state index contributed by atoms with van der Waals surface area (Å²) in [6, 6.07) is 23.1. The number of hydrogen-bond donors (Lipinski definition) is 0. The van der Waals surface area contributed by atoms with E-state index in [9.17, 15) is 9.59 Å². The molecule has 0 N–H and O–H groups in total. The quantitative estimate of drug-likeness (QED) is 0.277. The molecule has 1 unspecified atom stereocenters. The number of fused-ring (bicyclic) bond motifs is 1. The van der Waals surface area contributed by atoms with E-state index in [1.54, 1.807) is 35.3 Å². The Kier molecular flexibility index (Phi) is 6.82. The van der Waals surface area contributed by atoms with E-state index < -0.39 is 6.10 Å². The summed E-state index contributed by atoms with van der Waals surface area (Å²) in [6.07, 6.45) is 0.187. The predicted octanol–water partition coefficient (Wildman–Crippen LogP) is 6.36. The minimum atomic E-state index is -0.587. The first-order valence-corrected chi connectivity index (χ1v) is 12.8. The monoisotopic (exact) mass is 498 g/mol. The Hall–Kier alpha value is -3.97. The molecule has 1 aromatic heterocycles. The van der Waals surface area contributed by atoms with Crippen molar-refractivity contribution in [2.75, 3.05) is 11.5 Å². The van der Waals surface area contributed by atoms with Gasteiger partial charge < -0.3 is 14.4 Å². The first kappa shape index (κ1) is 23.8. The third-order valence-corrected chi connectivity index (χ3v) is 6.85. The van der Waals surface area contributed by atoms with Gasteiger partial charge in [0.1, 0.15) is 10.8 Å². The summed E-state index contributed by atoms with van der Waals surface area (Å²) in [5.41, 5.74) is 4.94. The van der Waals surface area contributed by atoms with Crippen LogP contribution >= 0.6 is 11.3 Å². The highest BCUT2D eigenvalue weighted by Gasteiger charge is 2.32. The van der Waals surface area contributed by atoms with Crippen molar-refractivity contribution in [3.05, 3.63) is 89.3 Å². The number of rotatable bonds is 7. The van der Waals surface area contributed by atoms with Crippen LogP contribution in [0.25, 0.3) is 21.8 Å². The highest BCUT2D eigenvalue weighted by molar-refractivity contribution is 7.13. The summed E-state index contributed by atoms with van der Waals surface area (Å²) < 4.78 is 11.1. The van der Waals surface area contributed by atoms with Crippen LogP contribution in [0.1, 0.15) is 36.2 Å². The Morgan fingerprint density at radius 2 is 1.83 bits per heavy atom. The van der Waals surface area contributed by atoms with Gasteiger partial charge in [0.05, 0.1) is 30.1 Å². The molecule has 0 fully saturated rings. The number of carbonyl (C=O) groups is 2. The Bertz CT molecular complexity index is 1380. The Morgan fingerprint density at radius 1 is 1.06 bits per heavy atom. The summed E-state index contributed by atoms with van der Waals surface area (Å²) in [6.45, 7) is 4.47. The molecule has 1 atom stereocenters. The van der Waals surface area contributed by atoms with Crippen molar-refractivity contribution in [2.45, 2.75) is 32.9 Å². The minimum Gasteiger partial charge on any atom is -0.479 e. The molecule has 0 saturated carbocycles. The van der Waals surface area contributed by atoms with Crippen LogP contribution in [0.4, 0.5) is 5.69 Å². The second kappa shape index (κ2) is 10.3. The van der Waals surface area contributed by atoms with E-state index in [1.807, 2.05) is 73.0 Å². The van der Waals surface area contributed by atoms with Crippen LogP contribution in [-0.2, 0) is 16.1 Å². The van der Waals surface area contributed by atoms with Crippen LogP contribution in [0.5, 0.6) is 5.75 Å². The van der Waals surface area contributed by atoms with Gasteiger partial charge in [-0.1, -0.05) is 49.4 Å². The third kappa shape index (κ3) is 4.88. The average molecular weight is 499 g/mol. The van der Waals surface area contributed by atoms with Crippen molar-refractivity contribution in [3.8, 4) is 27.6 Å². The van der Waals surface area contributed by atoms with Gasteiger partial charge in [0.2, 0.25) is 0 Å². The molecule has 2 heterocycles. The molecule has 36 heavy (non-hydrogen) atoms. The fourth-order valence-corrected chi connectivity index (χ4v) is 4.89. The lowest BCUT2D eigenvalue weighted by molar-refractivity contribution is -0.125. The van der Waals surface area contributed by atoms with Gasteiger partial charge in [0.25, 0.3) is 5.91 Å². The molecule has 0 saturated heterocycles. The maximum Gasteiger partial charge on any atom is 0.338 e. The van der Waals surface area contributed by atoms with E-state index in [2.05, 4.69) is 0 Å². The van der Waals surface area contributed by atoms with Crippen LogP contribution < -0.4 is 9.64 Å². The average Bonchev–Trinajstić information content (AvgIpc) is 3.41. The maximum atomic E-state index is 13.1. The number of nitrogens with zero attached hydrogens (tertiary/aromatic N) is 2. The van der Waals surface area contributed by atoms with Gasteiger partial charge in [-0.3, -0.25) is 4.79 Å². The molecule has 0 bridgehead atoms. The van der Waals surface area contributed by atoms with Crippen LogP contribution in [0.15, 0.2) is 78.2 Å². The molecule has 3 aromatic carbocycles. The molecule has 5 rings (SSSR count). The SMILES string of the molecule is CCCOC(=O)c1ccc(CN2C(=O)C(C)Oc3ccc(-c4csc(-c5ccccc5)n4)cc32)cc1. The van der Waals surface area contributed by atoms with Gasteiger partial charge in [-0.15, -0.1) is 11.3 Å². The molecular formula is C29H26N2O4S. The van der Waals surface area contributed by atoms with Crippen molar-refractivity contribution in [2.24, 2.45) is 0 Å². The molecule has 1 amide bonds. The molecule has 182 valence electrons. The van der Waals surface area contributed by atoms with E-state index in [1.165, 1.54) is 0 Å². The zero-order chi connectivity index (χ0) is 25.1. The van der Waals surface area contributed by atoms with Crippen molar-refractivity contribution in [1.29, 1.82) is 0 Å². The number of esters is 1. The summed E-state index contributed by atoms with van der Waals surface area (Å²) in [5.74, 6) is 0.200. The second-order valence-corrected chi connectivity index (χ2v) is 9.46. The highest BCUT2D eigenvalue weighted by atomic mass is 32.1. The first-order valence-electron chi connectivity index (χ1n) is 11.9. The number of amides is 1. The predicted molar refractivity (Wildman–Crippen MR) is 141 cm³/mol. The molecule has 0 aliphatic carbocycles. The van der Waals surface area contributed by atoms with Gasteiger partial charge in [0, 0.05) is 16.5 Å². The van der Waals surface area contributed by atoms with Gasteiger partial charge in [0.15, 0.2) is 6.10 Å². The lowest BCUT2D eigenvalue weighted by atomic mass is 10.1. The molecular weight excluding hydrogens is 472 g/mol. The number of anilines is 1. The normalized spacial score (nSPS) is 14.8. The number of aromatic nitrogens is 1. The standard InChI is InChI=1S/C29H26N2O4S/c1-3-15-34-29(33)22-11-9-20(10-12-22)17-31-25-16-23(13-14-26(25)35-19(2)28(31)32)24-18-36-27(30-24)21-7-5-4-6-8-21/h4-14,16,18-19H,3,15,17H2,1-2H3. The van der Waals surface area contributed by atoms with Crippen LogP contribution in [-0.4, -0.2) is 29.6 Å². The van der Waals surface area contributed by atoms with E-state index in [-0.39, 0.29) is 11.9 Å². The van der Waals surface area contributed by atoms with Crippen molar-refractivity contribution in [1.82, 2.24) is 4.98 Å². The number of ether oxygens (including phenoxy) is 2. The number of hydrogen-bond acceptors (Lipinski definition) is 6. The number of carbonyl (C=O) groups excluding carboxylic acids is 2. The van der Waals surface area contributed by atoms with E-state index in [0.717, 1.165) is 33.8 Å². The molecule has 4 aromatic rings. The number of thiazole rings is 1. The van der Waals surface area contributed by atoms with E-state index in [0.29, 0.717) is 30.2 Å². The zero-order valence-corrected chi connectivity index (χ0v) is 21.0. The Morgan fingerprint density at radius 3 is 2.58 bits per heavy atom. The fourth-order valence-electron chi connectivity index (χ4n) is 4.06. The minimum absolute atomic E-state index is 0.116. The Labute approximate surface area is 214 Å². The fraction of sp³-hybridized carbons (Fsp3) is 0.207. The summed E-state index contributed by atoms with van der Waals surface area (Å²) in [7, 11) is 0. The molecule has 7 heteroatoms. The van der Waals surface area contributed by atoms with Crippen LogP contribution in [0.2, 0.25) is 0 Å². The van der Waals surface area contributed by atoms with E-state index >= 15 is 0 Å². The largest absolute Gasteiger partial charge is 0.479 e. The maximum absolute atomic E-state index is 13.1. The smallest absolute Gasteiger partial charge is 0.338 e. The summed E-state index contributed by atoms with van der Waals surface area (Å²) in [5, 5.41) is 2.97. The first-order chi connectivity index (χ1) is 17.5. The van der Waals surface area contributed by atoms with Gasteiger partial charge in [-0.2, -0.15) is 0 Å². The second-order valence-electron chi connectivity index (χ2n) is 8.60.